The minimum absolute atomic E-state index is 0.106. The highest BCUT2D eigenvalue weighted by molar-refractivity contribution is 7.89. The molecule has 0 aliphatic carbocycles. The molecule has 1 N–H and O–H groups in total. The number of piperidine rings is 1. The molecule has 6 nitrogen and oxygen atoms in total. The molecule has 2 aliphatic heterocycles. The van der Waals surface area contributed by atoms with Crippen LogP contribution in [0.2, 0.25) is 0 Å². The van der Waals surface area contributed by atoms with Gasteiger partial charge in [0.05, 0.1) is 4.90 Å². The van der Waals surface area contributed by atoms with Gasteiger partial charge in [-0.05, 0) is 50.6 Å². The number of carbonyl (C=O) groups excluding carboxylic acids is 1. The maximum Gasteiger partial charge on any atom is 0.243 e. The number of amides is 1. The Balaban J connectivity index is 1.74. The number of nitrogens with one attached hydrogen (secondary N) is 1. The standard InChI is InChI=1S/C16H23N3O3S/c1-17-13-8-11-18(12-9-13)23(21,22)15-6-4-14(5-7-15)19-10-2-3-16(19)20/h4-7,13,17H,2-3,8-12H2,1H3. The van der Waals surface area contributed by atoms with Crippen molar-refractivity contribution in [3.05, 3.63) is 24.3 Å². The number of rotatable bonds is 4. The van der Waals surface area contributed by atoms with Crippen LogP contribution in [0.15, 0.2) is 29.2 Å². The molecule has 2 heterocycles. The van der Waals surface area contributed by atoms with Crippen LogP contribution < -0.4 is 10.2 Å². The van der Waals surface area contributed by atoms with Crippen LogP contribution in [-0.4, -0.2) is 51.4 Å². The Morgan fingerprint density at radius 3 is 2.26 bits per heavy atom. The van der Waals surface area contributed by atoms with Crippen LogP contribution in [0.3, 0.4) is 0 Å². The van der Waals surface area contributed by atoms with E-state index >= 15 is 0 Å². The molecule has 0 atom stereocenters. The Hall–Kier alpha value is -1.44. The summed E-state index contributed by atoms with van der Waals surface area (Å²) in [6.07, 6.45) is 3.09. The highest BCUT2D eigenvalue weighted by Gasteiger charge is 2.29. The zero-order chi connectivity index (χ0) is 16.4. The molecule has 1 amide bonds. The maximum absolute atomic E-state index is 12.7. The first kappa shape index (κ1) is 16.4. The molecule has 2 fully saturated rings. The van der Waals surface area contributed by atoms with Gasteiger partial charge >= 0.3 is 0 Å². The second-order valence-electron chi connectivity index (χ2n) is 6.11. The van der Waals surface area contributed by atoms with Crippen LogP contribution in [-0.2, 0) is 14.8 Å². The Morgan fingerprint density at radius 2 is 1.74 bits per heavy atom. The summed E-state index contributed by atoms with van der Waals surface area (Å²) in [5, 5.41) is 3.20. The summed E-state index contributed by atoms with van der Waals surface area (Å²) in [5.41, 5.74) is 0.778. The van der Waals surface area contributed by atoms with Crippen molar-refractivity contribution in [1.29, 1.82) is 0 Å². The topological polar surface area (TPSA) is 69.7 Å². The van der Waals surface area contributed by atoms with E-state index in [4.69, 9.17) is 0 Å². The number of nitrogens with zero attached hydrogens (tertiary/aromatic N) is 2. The Morgan fingerprint density at radius 1 is 1.09 bits per heavy atom. The average molecular weight is 337 g/mol. The average Bonchev–Trinajstić information content (AvgIpc) is 3.01. The largest absolute Gasteiger partial charge is 0.317 e. The second kappa shape index (κ2) is 6.59. The van der Waals surface area contributed by atoms with E-state index in [1.807, 2.05) is 7.05 Å². The molecular weight excluding hydrogens is 314 g/mol. The van der Waals surface area contributed by atoms with Gasteiger partial charge in [-0.15, -0.1) is 0 Å². The van der Waals surface area contributed by atoms with E-state index in [2.05, 4.69) is 5.32 Å². The van der Waals surface area contributed by atoms with Gasteiger partial charge in [-0.25, -0.2) is 8.42 Å². The summed E-state index contributed by atoms with van der Waals surface area (Å²) in [7, 11) is -1.54. The van der Waals surface area contributed by atoms with E-state index in [9.17, 15) is 13.2 Å². The van der Waals surface area contributed by atoms with Crippen molar-refractivity contribution in [3.63, 3.8) is 0 Å². The highest BCUT2D eigenvalue weighted by Crippen LogP contribution is 2.25. The summed E-state index contributed by atoms with van der Waals surface area (Å²) >= 11 is 0. The minimum atomic E-state index is -3.45. The monoisotopic (exact) mass is 337 g/mol. The maximum atomic E-state index is 12.7. The lowest BCUT2D eigenvalue weighted by Gasteiger charge is -2.31. The summed E-state index contributed by atoms with van der Waals surface area (Å²) in [6, 6.07) is 7.08. The van der Waals surface area contributed by atoms with Gasteiger partial charge < -0.3 is 10.2 Å². The molecule has 0 unspecified atom stereocenters. The molecular formula is C16H23N3O3S. The molecule has 2 aliphatic rings. The van der Waals surface area contributed by atoms with Crippen molar-refractivity contribution in [2.24, 2.45) is 0 Å². The first-order valence-electron chi connectivity index (χ1n) is 8.10. The second-order valence-corrected chi connectivity index (χ2v) is 8.05. The van der Waals surface area contributed by atoms with Crippen molar-refractivity contribution < 1.29 is 13.2 Å². The lowest BCUT2D eigenvalue weighted by Crippen LogP contribution is -2.43. The van der Waals surface area contributed by atoms with Gasteiger partial charge in [0, 0.05) is 37.8 Å². The van der Waals surface area contributed by atoms with Gasteiger partial charge in [-0.1, -0.05) is 0 Å². The number of hydrogen-bond donors (Lipinski definition) is 1. The molecule has 0 radical (unpaired) electrons. The van der Waals surface area contributed by atoms with Gasteiger partial charge in [-0.2, -0.15) is 4.31 Å². The first-order valence-corrected chi connectivity index (χ1v) is 9.54. The van der Waals surface area contributed by atoms with Crippen LogP contribution in [0.5, 0.6) is 0 Å². The number of benzene rings is 1. The predicted octanol–water partition coefficient (Wildman–Crippen LogP) is 1.19. The van der Waals surface area contributed by atoms with Gasteiger partial charge in [0.25, 0.3) is 0 Å². The van der Waals surface area contributed by atoms with Crippen molar-refractivity contribution in [3.8, 4) is 0 Å². The molecule has 0 aromatic heterocycles. The van der Waals surface area contributed by atoms with Gasteiger partial charge in [0.15, 0.2) is 0 Å². The third-order valence-electron chi connectivity index (χ3n) is 4.72. The van der Waals surface area contributed by atoms with Crippen LogP contribution in [0, 0.1) is 0 Å². The quantitative estimate of drug-likeness (QED) is 0.896. The van der Waals surface area contributed by atoms with Crippen molar-refractivity contribution >= 4 is 21.6 Å². The summed E-state index contributed by atoms with van der Waals surface area (Å²) in [6.45, 7) is 1.79. The predicted molar refractivity (Wildman–Crippen MR) is 88.9 cm³/mol. The van der Waals surface area contributed by atoms with E-state index in [1.54, 1.807) is 33.5 Å². The molecule has 3 rings (SSSR count). The highest BCUT2D eigenvalue weighted by atomic mass is 32.2. The SMILES string of the molecule is CNC1CCN(S(=O)(=O)c2ccc(N3CCCC3=O)cc2)CC1. The summed E-state index contributed by atoms with van der Waals surface area (Å²) < 4.78 is 27.0. The van der Waals surface area contributed by atoms with Crippen LogP contribution in [0.1, 0.15) is 25.7 Å². The zero-order valence-corrected chi connectivity index (χ0v) is 14.2. The normalized spacial score (nSPS) is 21.1. The molecule has 126 valence electrons. The third-order valence-corrected chi connectivity index (χ3v) is 6.63. The fraction of sp³-hybridized carbons (Fsp3) is 0.562. The van der Waals surface area contributed by atoms with Crippen molar-refractivity contribution in [2.45, 2.75) is 36.6 Å². The van der Waals surface area contributed by atoms with Crippen LogP contribution in [0.4, 0.5) is 5.69 Å². The molecule has 0 spiro atoms. The summed E-state index contributed by atoms with van der Waals surface area (Å²) in [5.74, 6) is 0.106. The van der Waals surface area contributed by atoms with E-state index in [0.717, 1.165) is 24.9 Å². The molecule has 1 aromatic carbocycles. The number of sulfonamides is 1. The number of hydrogen-bond acceptors (Lipinski definition) is 4. The third kappa shape index (κ3) is 3.27. The van der Waals surface area contributed by atoms with E-state index < -0.39 is 10.0 Å². The zero-order valence-electron chi connectivity index (χ0n) is 13.4. The minimum Gasteiger partial charge on any atom is -0.317 e. The molecule has 23 heavy (non-hydrogen) atoms. The van der Waals surface area contributed by atoms with Crippen molar-refractivity contribution in [2.75, 3.05) is 31.6 Å². The van der Waals surface area contributed by atoms with E-state index in [0.29, 0.717) is 37.0 Å². The first-order chi connectivity index (χ1) is 11.0. The van der Waals surface area contributed by atoms with Gasteiger partial charge in [-0.3, -0.25) is 4.79 Å². The molecule has 0 saturated carbocycles. The fourth-order valence-electron chi connectivity index (χ4n) is 3.25. The fourth-order valence-corrected chi connectivity index (χ4v) is 4.72. The molecule has 2 saturated heterocycles. The van der Waals surface area contributed by atoms with Gasteiger partial charge in [0.1, 0.15) is 0 Å². The Bertz CT molecular complexity index is 664. The van der Waals surface area contributed by atoms with Crippen molar-refractivity contribution in [1.82, 2.24) is 9.62 Å². The summed E-state index contributed by atoms with van der Waals surface area (Å²) in [4.78, 5) is 13.8. The Labute approximate surface area is 137 Å². The van der Waals surface area contributed by atoms with Crippen LogP contribution in [0.25, 0.3) is 0 Å². The van der Waals surface area contributed by atoms with Gasteiger partial charge in [0.2, 0.25) is 15.9 Å². The smallest absolute Gasteiger partial charge is 0.243 e. The Kier molecular flexibility index (Phi) is 4.70. The van der Waals surface area contributed by atoms with E-state index in [-0.39, 0.29) is 5.91 Å². The lowest BCUT2D eigenvalue weighted by atomic mass is 10.1. The number of anilines is 1. The van der Waals surface area contributed by atoms with E-state index in [1.165, 1.54) is 0 Å². The molecule has 0 bridgehead atoms. The lowest BCUT2D eigenvalue weighted by molar-refractivity contribution is -0.117. The molecule has 7 heteroatoms. The molecule has 1 aromatic rings. The number of carbonyl (C=O) groups is 1. The van der Waals surface area contributed by atoms with Crippen LogP contribution >= 0.6 is 0 Å².